The summed E-state index contributed by atoms with van der Waals surface area (Å²) in [4.78, 5) is 7.12. The van der Waals surface area contributed by atoms with Crippen LogP contribution in [0.4, 0.5) is 5.69 Å². The fraction of sp³-hybridized carbons (Fsp3) is 0.526. The van der Waals surface area contributed by atoms with E-state index < -0.39 is 0 Å². The summed E-state index contributed by atoms with van der Waals surface area (Å²) in [6, 6.07) is 13.0. The van der Waals surface area contributed by atoms with Gasteiger partial charge in [0.1, 0.15) is 0 Å². The lowest BCUT2D eigenvalue weighted by atomic mass is 10.1. The molecule has 25 heavy (non-hydrogen) atoms. The Morgan fingerprint density at radius 2 is 1.68 bits per heavy atom. The molecule has 0 radical (unpaired) electrons. The Bertz CT molecular complexity index is 633. The lowest BCUT2D eigenvalue weighted by Crippen LogP contribution is -2.54. The minimum absolute atomic E-state index is 0.276. The summed E-state index contributed by atoms with van der Waals surface area (Å²) in [5.74, 6) is 0. The molecule has 4 rings (SSSR count). The summed E-state index contributed by atoms with van der Waals surface area (Å²) in [6.45, 7) is 7.59. The molecule has 2 aliphatic heterocycles. The predicted molar refractivity (Wildman–Crippen MR) is 98.8 cm³/mol. The first-order valence-electron chi connectivity index (χ1n) is 9.20. The Labute approximate surface area is 149 Å². The van der Waals surface area contributed by atoms with Crippen molar-refractivity contribution in [2.45, 2.75) is 12.1 Å². The number of anilines is 1. The first kappa shape index (κ1) is 16.6. The minimum Gasteiger partial charge on any atom is -0.390 e. The molecule has 1 aromatic heterocycles. The molecule has 2 aromatic rings. The number of benzene rings is 1. The number of hydrogen-bond acceptors (Lipinski definition) is 5. The van der Waals surface area contributed by atoms with Gasteiger partial charge in [-0.1, -0.05) is 18.2 Å². The standard InChI is InChI=1S/C19H27N5O/c25-19(16-22-13-18(14-22)24-8-4-7-20-24)15-21-9-11-23(12-10-21)17-5-2-1-3-6-17/h1-8,18-19,25H,9-16H2/t19-/m1/s1. The largest absolute Gasteiger partial charge is 0.390 e. The Morgan fingerprint density at radius 3 is 2.36 bits per heavy atom. The second-order valence-electron chi connectivity index (χ2n) is 7.14. The predicted octanol–water partition coefficient (Wildman–Crippen LogP) is 0.923. The van der Waals surface area contributed by atoms with Crippen LogP contribution in [0.5, 0.6) is 0 Å². The van der Waals surface area contributed by atoms with Crippen LogP contribution in [0.15, 0.2) is 48.8 Å². The molecular weight excluding hydrogens is 314 g/mol. The van der Waals surface area contributed by atoms with E-state index in [4.69, 9.17) is 0 Å². The molecule has 2 saturated heterocycles. The average molecular weight is 341 g/mol. The molecule has 0 unspecified atom stereocenters. The number of rotatable bonds is 6. The highest BCUT2D eigenvalue weighted by atomic mass is 16.3. The van der Waals surface area contributed by atoms with Gasteiger partial charge in [-0.05, 0) is 18.2 Å². The summed E-state index contributed by atoms with van der Waals surface area (Å²) >= 11 is 0. The molecule has 1 atom stereocenters. The second kappa shape index (κ2) is 7.56. The zero-order valence-corrected chi connectivity index (χ0v) is 14.6. The number of aromatic nitrogens is 2. The summed E-state index contributed by atoms with van der Waals surface area (Å²) in [5, 5.41) is 14.7. The van der Waals surface area contributed by atoms with Gasteiger partial charge in [-0.2, -0.15) is 5.10 Å². The van der Waals surface area contributed by atoms with Crippen LogP contribution in [0.3, 0.4) is 0 Å². The number of likely N-dealkylation sites (tertiary alicyclic amines) is 1. The van der Waals surface area contributed by atoms with Gasteiger partial charge in [0.05, 0.1) is 12.1 Å². The van der Waals surface area contributed by atoms with E-state index in [-0.39, 0.29) is 6.10 Å². The molecule has 3 heterocycles. The Kier molecular flexibility index (Phi) is 5.01. The fourth-order valence-electron chi connectivity index (χ4n) is 3.84. The lowest BCUT2D eigenvalue weighted by molar-refractivity contribution is 0.0235. The van der Waals surface area contributed by atoms with E-state index in [0.717, 1.165) is 52.4 Å². The van der Waals surface area contributed by atoms with Crippen LogP contribution >= 0.6 is 0 Å². The van der Waals surface area contributed by atoms with Gasteiger partial charge < -0.3 is 10.0 Å². The van der Waals surface area contributed by atoms with Crippen molar-refractivity contribution in [1.29, 1.82) is 0 Å². The van der Waals surface area contributed by atoms with Crippen molar-refractivity contribution in [2.24, 2.45) is 0 Å². The number of para-hydroxylation sites is 1. The number of hydrogen-bond donors (Lipinski definition) is 1. The molecule has 0 spiro atoms. The Balaban J connectivity index is 1.17. The summed E-state index contributed by atoms with van der Waals surface area (Å²) in [7, 11) is 0. The van der Waals surface area contributed by atoms with Gasteiger partial charge in [-0.3, -0.25) is 14.5 Å². The highest BCUT2D eigenvalue weighted by molar-refractivity contribution is 5.46. The molecule has 0 saturated carbocycles. The summed E-state index contributed by atoms with van der Waals surface area (Å²) < 4.78 is 2.02. The van der Waals surface area contributed by atoms with Gasteiger partial charge >= 0.3 is 0 Å². The quantitative estimate of drug-likeness (QED) is 0.847. The van der Waals surface area contributed by atoms with Crippen molar-refractivity contribution in [2.75, 3.05) is 57.3 Å². The van der Waals surface area contributed by atoms with Crippen molar-refractivity contribution >= 4 is 5.69 Å². The first-order chi connectivity index (χ1) is 12.3. The van der Waals surface area contributed by atoms with E-state index in [0.29, 0.717) is 6.04 Å². The molecule has 6 heteroatoms. The molecule has 2 fully saturated rings. The Hall–Kier alpha value is -1.89. The molecule has 0 amide bonds. The molecule has 0 bridgehead atoms. The lowest BCUT2D eigenvalue weighted by Gasteiger charge is -2.41. The molecule has 0 aliphatic carbocycles. The number of β-amino-alcohol motifs (C(OH)–C–C–N with tert-alkyl or cyclic N) is 1. The first-order valence-corrected chi connectivity index (χ1v) is 9.20. The van der Waals surface area contributed by atoms with E-state index in [2.05, 4.69) is 50.1 Å². The van der Waals surface area contributed by atoms with Gasteiger partial charge in [0.25, 0.3) is 0 Å². The zero-order chi connectivity index (χ0) is 17.1. The molecule has 1 aromatic carbocycles. The highest BCUT2D eigenvalue weighted by Gasteiger charge is 2.30. The third-order valence-electron chi connectivity index (χ3n) is 5.27. The van der Waals surface area contributed by atoms with Crippen LogP contribution in [0.2, 0.25) is 0 Å². The van der Waals surface area contributed by atoms with Crippen molar-refractivity contribution in [1.82, 2.24) is 19.6 Å². The van der Waals surface area contributed by atoms with E-state index in [1.165, 1.54) is 5.69 Å². The maximum Gasteiger partial charge on any atom is 0.0793 e. The summed E-state index contributed by atoms with van der Waals surface area (Å²) in [5.41, 5.74) is 1.30. The summed E-state index contributed by atoms with van der Waals surface area (Å²) in [6.07, 6.45) is 3.57. The maximum absolute atomic E-state index is 10.4. The van der Waals surface area contributed by atoms with E-state index in [9.17, 15) is 5.11 Å². The van der Waals surface area contributed by atoms with Crippen LogP contribution in [0, 0.1) is 0 Å². The molecule has 2 aliphatic rings. The number of piperazine rings is 1. The SMILES string of the molecule is O[C@H](CN1CCN(c2ccccc2)CC1)CN1CC(n2cccn2)C1. The Morgan fingerprint density at radius 1 is 0.960 bits per heavy atom. The zero-order valence-electron chi connectivity index (χ0n) is 14.6. The smallest absolute Gasteiger partial charge is 0.0793 e. The van der Waals surface area contributed by atoms with Gasteiger partial charge in [-0.25, -0.2) is 0 Å². The number of nitrogens with zero attached hydrogens (tertiary/aromatic N) is 5. The fourth-order valence-corrected chi connectivity index (χ4v) is 3.84. The van der Waals surface area contributed by atoms with E-state index in [1.54, 1.807) is 0 Å². The van der Waals surface area contributed by atoms with Crippen molar-refractivity contribution in [3.63, 3.8) is 0 Å². The van der Waals surface area contributed by atoms with Crippen LogP contribution in [-0.4, -0.2) is 83.1 Å². The van der Waals surface area contributed by atoms with Crippen molar-refractivity contribution < 1.29 is 5.11 Å². The topological polar surface area (TPSA) is 47.8 Å². The monoisotopic (exact) mass is 341 g/mol. The van der Waals surface area contributed by atoms with Crippen LogP contribution in [-0.2, 0) is 0 Å². The average Bonchev–Trinajstić information content (AvgIpc) is 3.13. The number of aliphatic hydroxyl groups is 1. The normalized spacial score (nSPS) is 21.2. The third-order valence-corrected chi connectivity index (χ3v) is 5.27. The van der Waals surface area contributed by atoms with Gasteiger partial charge in [0.2, 0.25) is 0 Å². The molecular formula is C19H27N5O. The third kappa shape index (κ3) is 4.03. The van der Waals surface area contributed by atoms with Crippen LogP contribution < -0.4 is 4.90 Å². The molecule has 6 nitrogen and oxygen atoms in total. The van der Waals surface area contributed by atoms with Gasteiger partial charge in [-0.15, -0.1) is 0 Å². The van der Waals surface area contributed by atoms with E-state index >= 15 is 0 Å². The number of aliphatic hydroxyl groups excluding tert-OH is 1. The van der Waals surface area contributed by atoms with Crippen molar-refractivity contribution in [3.05, 3.63) is 48.8 Å². The minimum atomic E-state index is -0.276. The van der Waals surface area contributed by atoms with E-state index in [1.807, 2.05) is 23.1 Å². The van der Waals surface area contributed by atoms with Gasteiger partial charge in [0.15, 0.2) is 0 Å². The van der Waals surface area contributed by atoms with Gasteiger partial charge in [0, 0.05) is 70.4 Å². The molecule has 1 N–H and O–H groups in total. The second-order valence-corrected chi connectivity index (χ2v) is 7.14. The van der Waals surface area contributed by atoms with Crippen LogP contribution in [0.25, 0.3) is 0 Å². The highest BCUT2D eigenvalue weighted by Crippen LogP contribution is 2.20. The van der Waals surface area contributed by atoms with Crippen LogP contribution in [0.1, 0.15) is 6.04 Å². The molecule has 134 valence electrons. The van der Waals surface area contributed by atoms with Crippen molar-refractivity contribution in [3.8, 4) is 0 Å². The maximum atomic E-state index is 10.4.